The first-order chi connectivity index (χ1) is 14.4. The molecule has 2 heterocycles. The predicted octanol–water partition coefficient (Wildman–Crippen LogP) is 2.75. The quantitative estimate of drug-likeness (QED) is 0.709. The highest BCUT2D eigenvalue weighted by molar-refractivity contribution is 6.31. The van der Waals surface area contributed by atoms with Crippen LogP contribution in [0.15, 0.2) is 30.9 Å². The van der Waals surface area contributed by atoms with Gasteiger partial charge in [0.25, 0.3) is 5.91 Å². The molecule has 1 saturated carbocycles. The van der Waals surface area contributed by atoms with Gasteiger partial charge in [0.15, 0.2) is 0 Å². The van der Waals surface area contributed by atoms with Crippen molar-refractivity contribution in [3.05, 3.63) is 35.9 Å². The molecule has 0 atom stereocenters. The summed E-state index contributed by atoms with van der Waals surface area (Å²) in [5.74, 6) is -0.239. The van der Waals surface area contributed by atoms with Gasteiger partial charge in [-0.15, -0.1) is 0 Å². The van der Waals surface area contributed by atoms with Crippen LogP contribution < -0.4 is 10.6 Å². The lowest BCUT2D eigenvalue weighted by Crippen LogP contribution is -2.49. The molecular weight excluding hydrogens is 408 g/mol. The molecule has 4 amide bonds. The molecule has 2 aliphatic rings. The fourth-order valence-electron chi connectivity index (χ4n) is 4.21. The normalized spacial score (nSPS) is 23.7. The summed E-state index contributed by atoms with van der Waals surface area (Å²) in [7, 11) is 0. The lowest BCUT2D eigenvalue weighted by molar-refractivity contribution is -0.135. The number of aromatic nitrogens is 3. The van der Waals surface area contributed by atoms with E-state index in [1.807, 2.05) is 0 Å². The lowest BCUT2D eigenvalue weighted by atomic mass is 9.75. The summed E-state index contributed by atoms with van der Waals surface area (Å²) in [6.07, 6.45) is 6.95. The second-order valence-electron chi connectivity index (χ2n) is 7.80. The van der Waals surface area contributed by atoms with Crippen LogP contribution in [-0.4, -0.2) is 49.6 Å². The fourth-order valence-corrected chi connectivity index (χ4v) is 4.38. The smallest absolute Gasteiger partial charge is 0.323 e. The Morgan fingerprint density at radius 3 is 2.77 bits per heavy atom. The van der Waals surface area contributed by atoms with E-state index in [0.29, 0.717) is 35.2 Å². The Bertz CT molecular complexity index is 969. The largest absolute Gasteiger partial charge is 0.325 e. The molecule has 158 valence electrons. The molecule has 10 heteroatoms. The molecule has 4 rings (SSSR count). The number of urea groups is 1. The van der Waals surface area contributed by atoms with Crippen LogP contribution in [0.5, 0.6) is 0 Å². The summed E-state index contributed by atoms with van der Waals surface area (Å²) < 4.78 is 1.49. The molecule has 1 aliphatic heterocycles. The highest BCUT2D eigenvalue weighted by Gasteiger charge is 2.52. The Labute approximate surface area is 178 Å². The molecule has 1 aromatic carbocycles. The standard InChI is InChI=1S/C20H23ClN6O3/c1-2-13-5-7-20(8-6-13)18(29)26(19(30)25-20)10-17(28)24-15-9-14(21)3-4-16(15)27-12-22-11-23-27/h3-4,9,11-13H,2,5-8,10H2,1H3,(H,24,28)(H,25,30). The first-order valence-electron chi connectivity index (χ1n) is 10.0. The lowest BCUT2D eigenvalue weighted by Gasteiger charge is -2.34. The first-order valence-corrected chi connectivity index (χ1v) is 10.4. The van der Waals surface area contributed by atoms with E-state index in [1.165, 1.54) is 17.3 Å². The molecule has 9 nitrogen and oxygen atoms in total. The SMILES string of the molecule is CCC1CCC2(CC1)NC(=O)N(CC(=O)Nc1cc(Cl)ccc1-n1cncn1)C2=O. The number of anilines is 1. The third-order valence-corrected chi connectivity index (χ3v) is 6.22. The van der Waals surface area contributed by atoms with Crippen LogP contribution in [0, 0.1) is 5.92 Å². The number of carbonyl (C=O) groups excluding carboxylic acids is 3. The third-order valence-electron chi connectivity index (χ3n) is 5.98. The maximum absolute atomic E-state index is 13.0. The van der Waals surface area contributed by atoms with E-state index in [1.54, 1.807) is 18.2 Å². The summed E-state index contributed by atoms with van der Waals surface area (Å²) in [5, 5.41) is 10.1. The molecule has 30 heavy (non-hydrogen) atoms. The Morgan fingerprint density at radius 2 is 2.10 bits per heavy atom. The molecule has 1 spiro atoms. The van der Waals surface area contributed by atoms with Gasteiger partial charge in [-0.25, -0.2) is 14.5 Å². The van der Waals surface area contributed by atoms with E-state index < -0.39 is 17.5 Å². The van der Waals surface area contributed by atoms with E-state index in [-0.39, 0.29) is 12.5 Å². The van der Waals surface area contributed by atoms with Gasteiger partial charge in [-0.2, -0.15) is 5.10 Å². The zero-order chi connectivity index (χ0) is 21.3. The highest BCUT2D eigenvalue weighted by atomic mass is 35.5. The van der Waals surface area contributed by atoms with Crippen LogP contribution in [0.2, 0.25) is 5.02 Å². The Hall–Kier alpha value is -2.94. The first kappa shape index (κ1) is 20.3. The van der Waals surface area contributed by atoms with Crippen LogP contribution in [-0.2, 0) is 9.59 Å². The average molecular weight is 431 g/mol. The van der Waals surface area contributed by atoms with Gasteiger partial charge in [-0.05, 0) is 49.8 Å². The van der Waals surface area contributed by atoms with Crippen molar-refractivity contribution in [1.82, 2.24) is 25.0 Å². The average Bonchev–Trinajstić information content (AvgIpc) is 3.33. The highest BCUT2D eigenvalue weighted by Crippen LogP contribution is 2.37. The second-order valence-corrected chi connectivity index (χ2v) is 8.24. The minimum Gasteiger partial charge on any atom is -0.323 e. The van der Waals surface area contributed by atoms with Crippen molar-refractivity contribution < 1.29 is 14.4 Å². The van der Waals surface area contributed by atoms with Crippen molar-refractivity contribution in [2.24, 2.45) is 5.92 Å². The van der Waals surface area contributed by atoms with Crippen LogP contribution in [0.1, 0.15) is 39.0 Å². The third kappa shape index (κ3) is 3.77. The van der Waals surface area contributed by atoms with Crippen molar-refractivity contribution >= 4 is 35.1 Å². The van der Waals surface area contributed by atoms with Gasteiger partial charge in [-0.1, -0.05) is 24.9 Å². The zero-order valence-corrected chi connectivity index (χ0v) is 17.4. The van der Waals surface area contributed by atoms with E-state index >= 15 is 0 Å². The molecule has 2 N–H and O–H groups in total. The number of benzene rings is 1. The van der Waals surface area contributed by atoms with Gasteiger partial charge < -0.3 is 10.6 Å². The van der Waals surface area contributed by atoms with E-state index in [0.717, 1.165) is 24.2 Å². The van der Waals surface area contributed by atoms with Gasteiger partial charge in [0.05, 0.1) is 11.4 Å². The zero-order valence-electron chi connectivity index (χ0n) is 16.6. The number of nitrogens with zero attached hydrogens (tertiary/aromatic N) is 4. The van der Waals surface area contributed by atoms with Crippen molar-refractivity contribution in [3.8, 4) is 5.69 Å². The second kappa shape index (κ2) is 8.06. The van der Waals surface area contributed by atoms with Gasteiger partial charge in [0.2, 0.25) is 5.91 Å². The topological polar surface area (TPSA) is 109 Å². The predicted molar refractivity (Wildman–Crippen MR) is 110 cm³/mol. The van der Waals surface area contributed by atoms with E-state index in [2.05, 4.69) is 27.6 Å². The van der Waals surface area contributed by atoms with Crippen molar-refractivity contribution in [2.45, 2.75) is 44.6 Å². The Balaban J connectivity index is 1.47. The summed E-state index contributed by atoms with van der Waals surface area (Å²) >= 11 is 6.07. The molecule has 0 radical (unpaired) electrons. The summed E-state index contributed by atoms with van der Waals surface area (Å²) in [6.45, 7) is 1.77. The Morgan fingerprint density at radius 1 is 1.33 bits per heavy atom. The molecule has 1 aliphatic carbocycles. The van der Waals surface area contributed by atoms with Crippen LogP contribution in [0.25, 0.3) is 5.69 Å². The number of rotatable bonds is 5. The number of carbonyl (C=O) groups is 3. The molecule has 1 saturated heterocycles. The van der Waals surface area contributed by atoms with Crippen molar-refractivity contribution in [1.29, 1.82) is 0 Å². The van der Waals surface area contributed by atoms with Crippen LogP contribution in [0.3, 0.4) is 0 Å². The minimum absolute atomic E-state index is 0.320. The maximum atomic E-state index is 13.0. The monoisotopic (exact) mass is 430 g/mol. The number of imide groups is 1. The van der Waals surface area contributed by atoms with Gasteiger partial charge in [0.1, 0.15) is 24.7 Å². The fraction of sp³-hybridized carbons (Fsp3) is 0.450. The summed E-state index contributed by atoms with van der Waals surface area (Å²) in [5.41, 5.74) is 0.102. The van der Waals surface area contributed by atoms with Gasteiger partial charge in [-0.3, -0.25) is 14.5 Å². The minimum atomic E-state index is -0.870. The molecular formula is C20H23ClN6O3. The van der Waals surface area contributed by atoms with Crippen molar-refractivity contribution in [3.63, 3.8) is 0 Å². The van der Waals surface area contributed by atoms with Crippen LogP contribution in [0.4, 0.5) is 10.5 Å². The van der Waals surface area contributed by atoms with E-state index in [9.17, 15) is 14.4 Å². The molecule has 1 aromatic heterocycles. The van der Waals surface area contributed by atoms with Gasteiger partial charge >= 0.3 is 6.03 Å². The number of halogens is 1. The Kier molecular flexibility index (Phi) is 5.46. The molecule has 0 unspecified atom stereocenters. The number of hydrogen-bond acceptors (Lipinski definition) is 5. The number of hydrogen-bond donors (Lipinski definition) is 2. The van der Waals surface area contributed by atoms with Gasteiger partial charge in [0, 0.05) is 5.02 Å². The number of nitrogens with one attached hydrogen (secondary N) is 2. The molecule has 2 aromatic rings. The van der Waals surface area contributed by atoms with Crippen molar-refractivity contribution in [2.75, 3.05) is 11.9 Å². The number of amides is 4. The van der Waals surface area contributed by atoms with E-state index in [4.69, 9.17) is 11.6 Å². The summed E-state index contributed by atoms with van der Waals surface area (Å²) in [4.78, 5) is 43.1. The molecule has 2 fully saturated rings. The molecule has 0 bridgehead atoms. The summed E-state index contributed by atoms with van der Waals surface area (Å²) in [6, 6.07) is 4.42. The van der Waals surface area contributed by atoms with Crippen LogP contribution >= 0.6 is 11.6 Å². The maximum Gasteiger partial charge on any atom is 0.325 e.